The zero-order chi connectivity index (χ0) is 13.0. The summed E-state index contributed by atoms with van der Waals surface area (Å²) in [6, 6.07) is 0.311. The molecule has 1 unspecified atom stereocenters. The van der Waals surface area contributed by atoms with E-state index in [9.17, 15) is 4.79 Å². The van der Waals surface area contributed by atoms with Crippen molar-refractivity contribution in [3.63, 3.8) is 0 Å². The van der Waals surface area contributed by atoms with E-state index in [0.717, 1.165) is 45.6 Å². The molecule has 4 nitrogen and oxygen atoms in total. The SMILES string of the molecule is CC1(C)CNCCC1NC(=O)CC1CCOCC1. The molecule has 2 fully saturated rings. The van der Waals surface area contributed by atoms with Gasteiger partial charge < -0.3 is 15.4 Å². The molecule has 2 N–H and O–H groups in total. The number of piperidine rings is 1. The predicted molar refractivity (Wildman–Crippen MR) is 71.4 cm³/mol. The number of carbonyl (C=O) groups is 1. The summed E-state index contributed by atoms with van der Waals surface area (Å²) >= 11 is 0. The van der Waals surface area contributed by atoms with Gasteiger partial charge in [-0.1, -0.05) is 13.8 Å². The molecule has 4 heteroatoms. The monoisotopic (exact) mass is 254 g/mol. The molecule has 0 bridgehead atoms. The summed E-state index contributed by atoms with van der Waals surface area (Å²) in [5, 5.41) is 6.63. The lowest BCUT2D eigenvalue weighted by Crippen LogP contribution is -2.54. The molecule has 2 rings (SSSR count). The van der Waals surface area contributed by atoms with Crippen molar-refractivity contribution in [1.29, 1.82) is 0 Å². The molecule has 18 heavy (non-hydrogen) atoms. The quantitative estimate of drug-likeness (QED) is 0.798. The van der Waals surface area contributed by atoms with Crippen molar-refractivity contribution in [1.82, 2.24) is 10.6 Å². The molecule has 0 radical (unpaired) electrons. The fourth-order valence-corrected chi connectivity index (χ4v) is 2.90. The summed E-state index contributed by atoms with van der Waals surface area (Å²) in [6.07, 6.45) is 3.77. The maximum Gasteiger partial charge on any atom is 0.220 e. The first-order valence-corrected chi connectivity index (χ1v) is 7.16. The molecule has 1 amide bonds. The summed E-state index contributed by atoms with van der Waals surface area (Å²) in [7, 11) is 0. The van der Waals surface area contributed by atoms with E-state index in [4.69, 9.17) is 4.74 Å². The van der Waals surface area contributed by atoms with Gasteiger partial charge in [0.1, 0.15) is 0 Å². The first-order chi connectivity index (χ1) is 8.58. The Labute approximate surface area is 110 Å². The molecule has 2 aliphatic rings. The topological polar surface area (TPSA) is 50.4 Å². The van der Waals surface area contributed by atoms with Crippen LogP contribution in [0.25, 0.3) is 0 Å². The van der Waals surface area contributed by atoms with Crippen molar-refractivity contribution in [3.8, 4) is 0 Å². The highest BCUT2D eigenvalue weighted by molar-refractivity contribution is 5.76. The van der Waals surface area contributed by atoms with Gasteiger partial charge in [0.05, 0.1) is 0 Å². The zero-order valence-corrected chi connectivity index (χ0v) is 11.6. The number of amides is 1. The van der Waals surface area contributed by atoms with Gasteiger partial charge in [0.2, 0.25) is 5.91 Å². The van der Waals surface area contributed by atoms with Crippen molar-refractivity contribution in [2.75, 3.05) is 26.3 Å². The molecule has 0 spiro atoms. The van der Waals surface area contributed by atoms with Gasteiger partial charge in [-0.25, -0.2) is 0 Å². The van der Waals surface area contributed by atoms with E-state index in [1.165, 1.54) is 0 Å². The van der Waals surface area contributed by atoms with Gasteiger partial charge in [0.15, 0.2) is 0 Å². The summed E-state index contributed by atoms with van der Waals surface area (Å²) in [4.78, 5) is 12.1. The van der Waals surface area contributed by atoms with Crippen LogP contribution in [-0.4, -0.2) is 38.3 Å². The third-order valence-electron chi connectivity index (χ3n) is 4.28. The van der Waals surface area contributed by atoms with E-state index in [-0.39, 0.29) is 11.3 Å². The Bertz CT molecular complexity index is 286. The predicted octanol–water partition coefficient (Wildman–Crippen LogP) is 1.31. The minimum atomic E-state index is 0.156. The van der Waals surface area contributed by atoms with Crippen LogP contribution in [0, 0.1) is 11.3 Å². The fraction of sp³-hybridized carbons (Fsp3) is 0.929. The summed E-state index contributed by atoms with van der Waals surface area (Å²) in [6.45, 7) is 8.06. The second-order valence-corrected chi connectivity index (χ2v) is 6.33. The van der Waals surface area contributed by atoms with Crippen molar-refractivity contribution in [2.24, 2.45) is 11.3 Å². The molecule has 0 aliphatic carbocycles. The Hall–Kier alpha value is -0.610. The fourth-order valence-electron chi connectivity index (χ4n) is 2.90. The Morgan fingerprint density at radius 1 is 1.33 bits per heavy atom. The molecule has 0 aromatic carbocycles. The molecule has 2 heterocycles. The Balaban J connectivity index is 1.79. The van der Waals surface area contributed by atoms with Gasteiger partial charge in [-0.3, -0.25) is 4.79 Å². The van der Waals surface area contributed by atoms with E-state index in [1.807, 2.05) is 0 Å². The van der Waals surface area contributed by atoms with Crippen LogP contribution >= 0.6 is 0 Å². The van der Waals surface area contributed by atoms with Crippen LogP contribution in [-0.2, 0) is 9.53 Å². The van der Waals surface area contributed by atoms with Gasteiger partial charge >= 0.3 is 0 Å². The van der Waals surface area contributed by atoms with Crippen molar-refractivity contribution >= 4 is 5.91 Å². The van der Waals surface area contributed by atoms with E-state index in [0.29, 0.717) is 18.4 Å². The lowest BCUT2D eigenvalue weighted by molar-refractivity contribution is -0.124. The van der Waals surface area contributed by atoms with Crippen LogP contribution in [0.5, 0.6) is 0 Å². The molecule has 104 valence electrons. The molecule has 0 aromatic rings. The molecule has 0 aromatic heterocycles. The van der Waals surface area contributed by atoms with E-state index in [2.05, 4.69) is 24.5 Å². The van der Waals surface area contributed by atoms with Crippen LogP contribution in [0.1, 0.15) is 39.5 Å². The van der Waals surface area contributed by atoms with Gasteiger partial charge in [0.25, 0.3) is 0 Å². The lowest BCUT2D eigenvalue weighted by Gasteiger charge is -2.39. The average molecular weight is 254 g/mol. The highest BCUT2D eigenvalue weighted by atomic mass is 16.5. The standard InChI is InChI=1S/C14H26N2O2/c1-14(2)10-15-6-3-12(14)16-13(17)9-11-4-7-18-8-5-11/h11-12,15H,3-10H2,1-2H3,(H,16,17). The number of rotatable bonds is 3. The van der Waals surface area contributed by atoms with E-state index >= 15 is 0 Å². The molecule has 0 saturated carbocycles. The van der Waals surface area contributed by atoms with E-state index < -0.39 is 0 Å². The minimum Gasteiger partial charge on any atom is -0.381 e. The van der Waals surface area contributed by atoms with Crippen molar-refractivity contribution < 1.29 is 9.53 Å². The van der Waals surface area contributed by atoms with Gasteiger partial charge in [-0.15, -0.1) is 0 Å². The summed E-state index contributed by atoms with van der Waals surface area (Å²) in [5.41, 5.74) is 0.156. The van der Waals surface area contributed by atoms with Crippen LogP contribution in [0.3, 0.4) is 0 Å². The molecular weight excluding hydrogens is 228 g/mol. The van der Waals surface area contributed by atoms with Crippen LogP contribution in [0.4, 0.5) is 0 Å². The second-order valence-electron chi connectivity index (χ2n) is 6.33. The Morgan fingerprint density at radius 3 is 2.72 bits per heavy atom. The van der Waals surface area contributed by atoms with Crippen molar-refractivity contribution in [3.05, 3.63) is 0 Å². The number of hydrogen-bond donors (Lipinski definition) is 2. The summed E-state index contributed by atoms with van der Waals surface area (Å²) < 4.78 is 5.32. The lowest BCUT2D eigenvalue weighted by atomic mass is 9.80. The smallest absolute Gasteiger partial charge is 0.220 e. The Morgan fingerprint density at radius 2 is 2.06 bits per heavy atom. The number of nitrogens with one attached hydrogen (secondary N) is 2. The number of carbonyl (C=O) groups excluding carboxylic acids is 1. The van der Waals surface area contributed by atoms with Crippen LogP contribution in [0.2, 0.25) is 0 Å². The zero-order valence-electron chi connectivity index (χ0n) is 11.6. The largest absolute Gasteiger partial charge is 0.381 e. The average Bonchev–Trinajstić information content (AvgIpc) is 2.33. The third kappa shape index (κ3) is 3.69. The first-order valence-electron chi connectivity index (χ1n) is 7.16. The third-order valence-corrected chi connectivity index (χ3v) is 4.28. The molecule has 2 aliphatic heterocycles. The Kier molecular flexibility index (Phi) is 4.62. The van der Waals surface area contributed by atoms with E-state index in [1.54, 1.807) is 0 Å². The number of hydrogen-bond acceptors (Lipinski definition) is 3. The first kappa shape index (κ1) is 13.8. The maximum absolute atomic E-state index is 12.1. The van der Waals surface area contributed by atoms with Crippen molar-refractivity contribution in [2.45, 2.75) is 45.6 Å². The van der Waals surface area contributed by atoms with Crippen LogP contribution < -0.4 is 10.6 Å². The van der Waals surface area contributed by atoms with Crippen LogP contribution in [0.15, 0.2) is 0 Å². The van der Waals surface area contributed by atoms with Gasteiger partial charge in [-0.2, -0.15) is 0 Å². The second kappa shape index (κ2) is 6.02. The maximum atomic E-state index is 12.1. The molecule has 2 saturated heterocycles. The molecular formula is C14H26N2O2. The number of ether oxygens (including phenoxy) is 1. The van der Waals surface area contributed by atoms with Gasteiger partial charge in [-0.05, 0) is 37.1 Å². The molecule has 1 atom stereocenters. The normalized spacial score (nSPS) is 28.9. The highest BCUT2D eigenvalue weighted by Crippen LogP contribution is 2.25. The summed E-state index contributed by atoms with van der Waals surface area (Å²) in [5.74, 6) is 0.741. The minimum absolute atomic E-state index is 0.156. The highest BCUT2D eigenvalue weighted by Gasteiger charge is 2.33. The van der Waals surface area contributed by atoms with Gasteiger partial charge in [0, 0.05) is 32.2 Å².